The van der Waals surface area contributed by atoms with Gasteiger partial charge in [0.05, 0.1) is 0 Å². The lowest BCUT2D eigenvalue weighted by Gasteiger charge is -2.07. The Balaban J connectivity index is 2.56. The van der Waals surface area contributed by atoms with Crippen LogP contribution in [0.2, 0.25) is 5.15 Å². The summed E-state index contributed by atoms with van der Waals surface area (Å²) in [4.78, 5) is 8.69. The van der Waals surface area contributed by atoms with Crippen LogP contribution in [0.15, 0.2) is 24.3 Å². The molecule has 3 nitrogen and oxygen atoms in total. The summed E-state index contributed by atoms with van der Waals surface area (Å²) in [5.74, 6) is 0.745. The first-order valence-corrected chi connectivity index (χ1v) is 5.82. The van der Waals surface area contributed by atoms with Crippen LogP contribution in [0.3, 0.4) is 0 Å². The van der Waals surface area contributed by atoms with Crippen LogP contribution in [0, 0.1) is 6.92 Å². The maximum Gasteiger partial charge on any atom is 0.161 e. The van der Waals surface area contributed by atoms with Gasteiger partial charge in [0.15, 0.2) is 5.82 Å². The van der Waals surface area contributed by atoms with Crippen molar-refractivity contribution in [2.45, 2.75) is 20.3 Å². The second-order valence-electron chi connectivity index (χ2n) is 3.81. The number of halogens is 1. The van der Waals surface area contributed by atoms with Crippen LogP contribution in [-0.2, 0) is 6.42 Å². The molecule has 4 heteroatoms. The molecule has 1 aromatic heterocycles. The Kier molecular flexibility index (Phi) is 3.29. The molecule has 0 fully saturated rings. The third kappa shape index (κ3) is 2.39. The minimum Gasteiger partial charge on any atom is -0.508 e. The van der Waals surface area contributed by atoms with Gasteiger partial charge >= 0.3 is 0 Å². The molecule has 1 heterocycles. The summed E-state index contributed by atoms with van der Waals surface area (Å²) in [7, 11) is 0. The van der Waals surface area contributed by atoms with Gasteiger partial charge in [-0.2, -0.15) is 0 Å². The highest BCUT2D eigenvalue weighted by atomic mass is 35.5. The zero-order chi connectivity index (χ0) is 12.4. The highest BCUT2D eigenvalue weighted by Gasteiger charge is 2.09. The Hall–Kier alpha value is -1.61. The largest absolute Gasteiger partial charge is 0.508 e. The molecule has 0 spiro atoms. The lowest BCUT2D eigenvalue weighted by atomic mass is 10.1. The van der Waals surface area contributed by atoms with Gasteiger partial charge in [0.1, 0.15) is 10.9 Å². The van der Waals surface area contributed by atoms with Crippen molar-refractivity contribution in [3.63, 3.8) is 0 Å². The van der Waals surface area contributed by atoms with Gasteiger partial charge in [0.25, 0.3) is 0 Å². The molecule has 17 heavy (non-hydrogen) atoms. The number of nitrogens with zero attached hydrogens (tertiary/aromatic N) is 2. The quantitative estimate of drug-likeness (QED) is 0.829. The maximum atomic E-state index is 9.44. The molecule has 0 aliphatic rings. The Morgan fingerprint density at radius 2 is 2.06 bits per heavy atom. The Morgan fingerprint density at radius 3 is 2.71 bits per heavy atom. The molecular weight excluding hydrogens is 236 g/mol. The minimum absolute atomic E-state index is 0.195. The summed E-state index contributed by atoms with van der Waals surface area (Å²) in [5, 5.41) is 9.90. The summed E-state index contributed by atoms with van der Waals surface area (Å²) in [6, 6.07) is 6.84. The molecule has 0 saturated heterocycles. The van der Waals surface area contributed by atoms with Crippen molar-refractivity contribution in [3.8, 4) is 17.1 Å². The molecule has 0 unspecified atom stereocenters. The smallest absolute Gasteiger partial charge is 0.161 e. The summed E-state index contributed by atoms with van der Waals surface area (Å²) in [6.45, 7) is 3.94. The van der Waals surface area contributed by atoms with E-state index in [0.29, 0.717) is 11.0 Å². The van der Waals surface area contributed by atoms with Gasteiger partial charge in [-0.3, -0.25) is 0 Å². The number of benzene rings is 1. The van der Waals surface area contributed by atoms with Gasteiger partial charge < -0.3 is 5.11 Å². The fourth-order valence-electron chi connectivity index (χ4n) is 1.65. The summed E-state index contributed by atoms with van der Waals surface area (Å²) in [5.41, 5.74) is 2.61. The van der Waals surface area contributed by atoms with E-state index in [9.17, 15) is 5.11 Å². The molecule has 0 radical (unpaired) electrons. The topological polar surface area (TPSA) is 46.0 Å². The van der Waals surface area contributed by atoms with Crippen molar-refractivity contribution in [2.24, 2.45) is 0 Å². The van der Waals surface area contributed by atoms with Crippen LogP contribution in [-0.4, -0.2) is 15.1 Å². The average molecular weight is 249 g/mol. The van der Waals surface area contributed by atoms with E-state index in [4.69, 9.17) is 11.6 Å². The summed E-state index contributed by atoms with van der Waals surface area (Å²) >= 11 is 6.07. The molecule has 0 aliphatic carbocycles. The first-order valence-electron chi connectivity index (χ1n) is 5.44. The van der Waals surface area contributed by atoms with Crippen molar-refractivity contribution in [2.75, 3.05) is 0 Å². The highest BCUT2D eigenvalue weighted by Crippen LogP contribution is 2.24. The third-order valence-corrected chi connectivity index (χ3v) is 2.99. The van der Waals surface area contributed by atoms with Crippen LogP contribution in [0.4, 0.5) is 0 Å². The normalized spacial score (nSPS) is 10.5. The van der Waals surface area contributed by atoms with Gasteiger partial charge in [0, 0.05) is 16.8 Å². The van der Waals surface area contributed by atoms with Crippen LogP contribution in [0.25, 0.3) is 11.4 Å². The second kappa shape index (κ2) is 4.72. The Bertz CT molecular complexity index is 555. The van der Waals surface area contributed by atoms with Crippen LogP contribution < -0.4 is 0 Å². The van der Waals surface area contributed by atoms with E-state index in [0.717, 1.165) is 23.2 Å². The van der Waals surface area contributed by atoms with Crippen LogP contribution in [0.5, 0.6) is 5.75 Å². The maximum absolute atomic E-state index is 9.44. The third-order valence-electron chi connectivity index (χ3n) is 2.63. The van der Waals surface area contributed by atoms with Gasteiger partial charge in [-0.1, -0.05) is 30.7 Å². The molecule has 2 aromatic rings. The molecule has 1 N–H and O–H groups in total. The van der Waals surface area contributed by atoms with E-state index in [2.05, 4.69) is 9.97 Å². The molecule has 0 aliphatic heterocycles. The number of rotatable bonds is 2. The molecule has 2 rings (SSSR count). The van der Waals surface area contributed by atoms with E-state index in [1.54, 1.807) is 18.2 Å². The monoisotopic (exact) mass is 248 g/mol. The van der Waals surface area contributed by atoms with E-state index < -0.39 is 0 Å². The first kappa shape index (κ1) is 11.9. The zero-order valence-electron chi connectivity index (χ0n) is 9.74. The van der Waals surface area contributed by atoms with Crippen LogP contribution >= 0.6 is 11.6 Å². The predicted molar refractivity (Wildman–Crippen MR) is 68.3 cm³/mol. The predicted octanol–water partition coefficient (Wildman–Crippen LogP) is 3.37. The molecule has 1 aromatic carbocycles. The van der Waals surface area contributed by atoms with E-state index in [1.165, 1.54) is 0 Å². The van der Waals surface area contributed by atoms with E-state index >= 15 is 0 Å². The molecule has 0 amide bonds. The summed E-state index contributed by atoms with van der Waals surface area (Å²) < 4.78 is 0. The van der Waals surface area contributed by atoms with Crippen molar-refractivity contribution in [1.82, 2.24) is 9.97 Å². The second-order valence-corrected chi connectivity index (χ2v) is 4.17. The number of aryl methyl sites for hydroxylation is 1. The molecule has 0 bridgehead atoms. The minimum atomic E-state index is 0.195. The fraction of sp³-hybridized carbons (Fsp3) is 0.231. The average Bonchev–Trinajstić information content (AvgIpc) is 2.32. The lowest BCUT2D eigenvalue weighted by Crippen LogP contribution is -1.99. The molecule has 0 atom stereocenters. The fourth-order valence-corrected chi connectivity index (χ4v) is 1.84. The summed E-state index contributed by atoms with van der Waals surface area (Å²) in [6.07, 6.45) is 0.805. The number of aromatic hydroxyl groups is 1. The van der Waals surface area contributed by atoms with Gasteiger partial charge in [-0.15, -0.1) is 0 Å². The number of hydrogen-bond donors (Lipinski definition) is 1. The van der Waals surface area contributed by atoms with E-state index in [1.807, 2.05) is 19.9 Å². The molecular formula is C13H13ClN2O. The number of phenolic OH excluding ortho intramolecular Hbond substituents is 1. The van der Waals surface area contributed by atoms with Gasteiger partial charge in [0.2, 0.25) is 0 Å². The lowest BCUT2D eigenvalue weighted by molar-refractivity contribution is 0.475. The van der Waals surface area contributed by atoms with Crippen molar-refractivity contribution < 1.29 is 5.11 Å². The van der Waals surface area contributed by atoms with Crippen LogP contribution in [0.1, 0.15) is 18.2 Å². The Morgan fingerprint density at radius 1 is 1.29 bits per heavy atom. The zero-order valence-corrected chi connectivity index (χ0v) is 10.5. The Labute approximate surface area is 105 Å². The number of phenols is 1. The van der Waals surface area contributed by atoms with Crippen molar-refractivity contribution in [1.29, 1.82) is 0 Å². The highest BCUT2D eigenvalue weighted by molar-refractivity contribution is 6.30. The molecule has 88 valence electrons. The van der Waals surface area contributed by atoms with Gasteiger partial charge in [-0.05, 0) is 25.5 Å². The van der Waals surface area contributed by atoms with Gasteiger partial charge in [-0.25, -0.2) is 9.97 Å². The standard InChI is InChI=1S/C13H13ClN2O/c1-3-11-8(2)12(14)16-13(15-11)9-5-4-6-10(17)7-9/h4-7,17H,3H2,1-2H3. The van der Waals surface area contributed by atoms with E-state index in [-0.39, 0.29) is 5.75 Å². The van der Waals surface area contributed by atoms with Crippen molar-refractivity contribution >= 4 is 11.6 Å². The molecule has 0 saturated carbocycles. The van der Waals surface area contributed by atoms with Crippen molar-refractivity contribution in [3.05, 3.63) is 40.7 Å². The first-order chi connectivity index (χ1) is 8.11. The SMILES string of the molecule is CCc1nc(-c2cccc(O)c2)nc(Cl)c1C. The number of aromatic nitrogens is 2. The number of hydrogen-bond acceptors (Lipinski definition) is 3.